The fourth-order valence-corrected chi connectivity index (χ4v) is 9.00. The maximum Gasteiger partial charge on any atom is 0.410 e. The first-order chi connectivity index (χ1) is 16.5. The number of benzene rings is 2. The topological polar surface area (TPSA) is 55.8 Å². The smallest absolute Gasteiger partial charge is 0.410 e. The lowest BCUT2D eigenvalue weighted by Crippen LogP contribution is -2.66. The third-order valence-electron chi connectivity index (χ3n) is 5.98. The maximum absolute atomic E-state index is 12.5. The SMILES string of the molecule is CC(C)(C)OC(=O)N(CCC=O)CCCCCO[Si](c1ccccc1)(c1ccccc1)C(C)(C)C. The minimum atomic E-state index is -2.52. The predicted octanol–water partition coefficient (Wildman–Crippen LogP) is 5.56. The summed E-state index contributed by atoms with van der Waals surface area (Å²) in [6.07, 6.45) is 3.47. The summed E-state index contributed by atoms with van der Waals surface area (Å²) in [6, 6.07) is 21.3. The van der Waals surface area contributed by atoms with E-state index in [0.717, 1.165) is 25.5 Å². The third-order valence-corrected chi connectivity index (χ3v) is 11.0. The number of rotatable bonds is 12. The van der Waals surface area contributed by atoms with E-state index < -0.39 is 13.9 Å². The molecule has 6 heteroatoms. The van der Waals surface area contributed by atoms with Crippen LogP contribution in [0, 0.1) is 0 Å². The van der Waals surface area contributed by atoms with Crippen LogP contribution >= 0.6 is 0 Å². The molecule has 0 aliphatic rings. The van der Waals surface area contributed by atoms with Crippen molar-refractivity contribution >= 4 is 31.1 Å². The van der Waals surface area contributed by atoms with E-state index in [9.17, 15) is 9.59 Å². The second kappa shape index (κ2) is 13.0. The van der Waals surface area contributed by atoms with Crippen molar-refractivity contribution in [3.8, 4) is 0 Å². The molecule has 0 aromatic heterocycles. The number of amides is 1. The number of carbonyl (C=O) groups excluding carboxylic acids is 2. The predicted molar refractivity (Wildman–Crippen MR) is 146 cm³/mol. The molecule has 0 heterocycles. The van der Waals surface area contributed by atoms with Crippen molar-refractivity contribution in [1.29, 1.82) is 0 Å². The summed E-state index contributed by atoms with van der Waals surface area (Å²) >= 11 is 0. The molecule has 0 radical (unpaired) electrons. The summed E-state index contributed by atoms with van der Waals surface area (Å²) in [6.45, 7) is 14.0. The number of carbonyl (C=O) groups is 2. The van der Waals surface area contributed by atoms with Gasteiger partial charge in [-0.15, -0.1) is 0 Å². The Balaban J connectivity index is 2.05. The molecule has 2 aromatic carbocycles. The maximum atomic E-state index is 12.5. The summed E-state index contributed by atoms with van der Waals surface area (Å²) in [4.78, 5) is 25.0. The van der Waals surface area contributed by atoms with Crippen LogP contribution in [0.1, 0.15) is 67.2 Å². The van der Waals surface area contributed by atoms with Crippen molar-refractivity contribution in [1.82, 2.24) is 4.90 Å². The number of unbranched alkanes of at least 4 members (excludes halogenated alkanes) is 2. The van der Waals surface area contributed by atoms with Gasteiger partial charge in [-0.2, -0.15) is 0 Å². The summed E-state index contributed by atoms with van der Waals surface area (Å²) in [5.41, 5.74) is -0.555. The second-order valence-corrected chi connectivity index (χ2v) is 15.3. The van der Waals surface area contributed by atoms with E-state index >= 15 is 0 Å². The van der Waals surface area contributed by atoms with E-state index in [2.05, 4.69) is 81.4 Å². The molecule has 0 N–H and O–H groups in total. The molecule has 35 heavy (non-hydrogen) atoms. The molecule has 1 amide bonds. The molecule has 2 aromatic rings. The van der Waals surface area contributed by atoms with Crippen molar-refractivity contribution in [3.63, 3.8) is 0 Å². The molecule has 192 valence electrons. The monoisotopic (exact) mass is 497 g/mol. The molecule has 0 saturated carbocycles. The van der Waals surface area contributed by atoms with Gasteiger partial charge in [0, 0.05) is 26.1 Å². The molecule has 0 aliphatic carbocycles. The summed E-state index contributed by atoms with van der Waals surface area (Å²) in [7, 11) is -2.52. The Labute approximate surface area is 213 Å². The zero-order valence-corrected chi connectivity index (χ0v) is 23.4. The van der Waals surface area contributed by atoms with Crippen LogP contribution in [-0.2, 0) is 14.0 Å². The highest BCUT2D eigenvalue weighted by Gasteiger charge is 2.49. The second-order valence-electron chi connectivity index (χ2n) is 11.0. The Hall–Kier alpha value is -2.44. The summed E-state index contributed by atoms with van der Waals surface area (Å²) in [5, 5.41) is 2.52. The van der Waals surface area contributed by atoms with Gasteiger partial charge in [-0.25, -0.2) is 4.79 Å². The van der Waals surface area contributed by atoms with E-state index in [0.29, 0.717) is 26.1 Å². The van der Waals surface area contributed by atoms with Gasteiger partial charge >= 0.3 is 6.09 Å². The number of hydrogen-bond donors (Lipinski definition) is 0. The van der Waals surface area contributed by atoms with E-state index in [4.69, 9.17) is 9.16 Å². The first-order valence-corrected chi connectivity index (χ1v) is 14.6. The fourth-order valence-electron chi connectivity index (χ4n) is 4.40. The lowest BCUT2D eigenvalue weighted by atomic mass is 10.2. The molecule has 5 nitrogen and oxygen atoms in total. The van der Waals surface area contributed by atoms with Gasteiger partial charge in [0.05, 0.1) is 0 Å². The Morgan fingerprint density at radius 1 is 0.829 bits per heavy atom. The highest BCUT2D eigenvalue weighted by molar-refractivity contribution is 6.99. The molecule has 0 unspecified atom stereocenters. The van der Waals surface area contributed by atoms with E-state index in [1.807, 2.05) is 20.8 Å². The quantitative estimate of drug-likeness (QED) is 0.219. The number of aldehydes is 1. The van der Waals surface area contributed by atoms with Crippen LogP contribution in [0.3, 0.4) is 0 Å². The van der Waals surface area contributed by atoms with Gasteiger partial charge in [0.2, 0.25) is 0 Å². The molecule has 0 bridgehead atoms. The molecular formula is C29H43NO4Si. The van der Waals surface area contributed by atoms with Crippen LogP contribution in [0.25, 0.3) is 0 Å². The average Bonchev–Trinajstić information content (AvgIpc) is 2.79. The van der Waals surface area contributed by atoms with Crippen LogP contribution in [0.4, 0.5) is 4.79 Å². The minimum Gasteiger partial charge on any atom is -0.444 e. The highest BCUT2D eigenvalue weighted by Crippen LogP contribution is 2.36. The minimum absolute atomic E-state index is 0.0436. The van der Waals surface area contributed by atoms with Gasteiger partial charge in [0.1, 0.15) is 11.9 Å². The first kappa shape index (κ1) is 28.8. The molecule has 0 fully saturated rings. The molecule has 0 atom stereocenters. The first-order valence-electron chi connectivity index (χ1n) is 12.7. The molecule has 0 spiro atoms. The van der Waals surface area contributed by atoms with E-state index in [-0.39, 0.29) is 11.1 Å². The normalized spacial score (nSPS) is 12.3. The Bertz CT molecular complexity index is 864. The van der Waals surface area contributed by atoms with Crippen molar-refractivity contribution < 1.29 is 18.8 Å². The van der Waals surface area contributed by atoms with Gasteiger partial charge in [-0.05, 0) is 55.4 Å². The Morgan fingerprint density at radius 3 is 1.83 bits per heavy atom. The van der Waals surface area contributed by atoms with Gasteiger partial charge in [0.25, 0.3) is 8.32 Å². The number of ether oxygens (including phenoxy) is 1. The van der Waals surface area contributed by atoms with Crippen LogP contribution in [0.5, 0.6) is 0 Å². The van der Waals surface area contributed by atoms with Gasteiger partial charge < -0.3 is 18.9 Å². The zero-order chi connectivity index (χ0) is 26.0. The van der Waals surface area contributed by atoms with Crippen LogP contribution in [0.15, 0.2) is 60.7 Å². The lowest BCUT2D eigenvalue weighted by molar-refractivity contribution is -0.108. The Kier molecular flexibility index (Phi) is 10.7. The van der Waals surface area contributed by atoms with Crippen LogP contribution in [-0.4, -0.2) is 50.9 Å². The van der Waals surface area contributed by atoms with Gasteiger partial charge in [0.15, 0.2) is 0 Å². The van der Waals surface area contributed by atoms with Crippen molar-refractivity contribution in [3.05, 3.63) is 60.7 Å². The highest BCUT2D eigenvalue weighted by atomic mass is 28.4. The van der Waals surface area contributed by atoms with Crippen molar-refractivity contribution in [2.45, 2.75) is 77.9 Å². The molecule has 0 saturated heterocycles. The summed E-state index contributed by atoms with van der Waals surface area (Å²) in [5.74, 6) is 0. The van der Waals surface area contributed by atoms with E-state index in [1.165, 1.54) is 10.4 Å². The molecule has 0 aliphatic heterocycles. The van der Waals surface area contributed by atoms with Crippen LogP contribution < -0.4 is 10.4 Å². The Morgan fingerprint density at radius 2 is 1.37 bits per heavy atom. The fraction of sp³-hybridized carbons (Fsp3) is 0.517. The average molecular weight is 498 g/mol. The zero-order valence-electron chi connectivity index (χ0n) is 22.4. The van der Waals surface area contributed by atoms with Crippen molar-refractivity contribution in [2.75, 3.05) is 19.7 Å². The lowest BCUT2D eigenvalue weighted by Gasteiger charge is -2.43. The largest absolute Gasteiger partial charge is 0.444 e. The summed E-state index contributed by atoms with van der Waals surface area (Å²) < 4.78 is 12.4. The van der Waals surface area contributed by atoms with Gasteiger partial charge in [-0.1, -0.05) is 81.4 Å². The third kappa shape index (κ3) is 8.32. The standard InChI is InChI=1S/C29H43NO4Si/c1-28(2,3)34-27(32)30(22-16-23-31)21-14-9-15-24-33-35(29(4,5)6,25-17-10-7-11-18-25)26-19-12-8-13-20-26/h7-8,10-13,17-20,23H,9,14-16,21-22,24H2,1-6H3. The molecule has 2 rings (SSSR count). The number of nitrogens with zero attached hydrogens (tertiary/aromatic N) is 1. The van der Waals surface area contributed by atoms with Crippen molar-refractivity contribution in [2.24, 2.45) is 0 Å². The van der Waals surface area contributed by atoms with Gasteiger partial charge in [-0.3, -0.25) is 0 Å². The van der Waals surface area contributed by atoms with Crippen LogP contribution in [0.2, 0.25) is 5.04 Å². The van der Waals surface area contributed by atoms with E-state index in [1.54, 1.807) is 4.90 Å². The number of hydrogen-bond acceptors (Lipinski definition) is 4. The molecular weight excluding hydrogens is 454 g/mol.